The van der Waals surface area contributed by atoms with Crippen LogP contribution in [0.3, 0.4) is 0 Å². The Bertz CT molecular complexity index is 2410. The molecule has 2 fully saturated rings. The summed E-state index contributed by atoms with van der Waals surface area (Å²) in [6, 6.07) is 5.70. The van der Waals surface area contributed by atoms with Crippen LogP contribution in [-0.2, 0) is 54.3 Å². The molecule has 4 aliphatic heterocycles. The molecule has 1 aromatic carbocycles. The SMILES string of the molecule is CCC(O)C(C)[C@@H]1O[C@H]1CC(C)(O)/C=C/C=C(\C)[C@H]1OC(=O)C[C@H](O)CC[C@@](C)(OC)[C@@H](OC(=O)N2CC[N+](C)(Cc3ccc(NC(=O)C(C)NC(=O)C(NC(=O)CCCCCN4C(=O)C=CC4=O)C(C)C)cc3)CC2)/C=C/[C@@H]1C. The second kappa shape index (κ2) is 29.3. The molecule has 12 atom stereocenters. The molecule has 20 heteroatoms. The summed E-state index contributed by atoms with van der Waals surface area (Å²) in [6.45, 7) is 19.3. The maximum absolute atomic E-state index is 14.0. The van der Waals surface area contributed by atoms with Crippen molar-refractivity contribution >= 4 is 47.3 Å². The Balaban J connectivity index is 1.11. The number of epoxide rings is 1. The number of hydrogen-bond donors (Lipinski definition) is 6. The number of imide groups is 1. The number of methoxy groups -OCH3 is 1. The number of aliphatic hydroxyl groups excluding tert-OH is 2. The van der Waals surface area contributed by atoms with Gasteiger partial charge in [0.1, 0.15) is 30.3 Å². The third kappa shape index (κ3) is 19.2. The maximum atomic E-state index is 14.0. The first-order valence-corrected chi connectivity index (χ1v) is 28.5. The number of ether oxygens (including phenoxy) is 4. The zero-order valence-electron chi connectivity index (χ0n) is 49.0. The fourth-order valence-electron chi connectivity index (χ4n) is 10.4. The number of hydrogen-bond acceptors (Lipinski definition) is 14. The maximum Gasteiger partial charge on any atom is 0.410 e. The Morgan fingerprint density at radius 3 is 2.26 bits per heavy atom. The number of allylic oxidation sites excluding steroid dienone is 2. The number of likely N-dealkylation sites (N-methyl/N-ethyl adjacent to an activating group) is 1. The standard InChI is InChI=1S/C60H90N6O14/c1-12-46(68)41(6)55-47(78-55)36-59(8,76)28-16-17-39(4)54-40(5)19-24-48(60(9,77-11)29-27-45(67)35-52(72)80-54)79-58(75)64-31-33-66(10,34-32-64)37-43-20-22-44(23-21-43)62-56(73)42(7)61-57(74)53(38(2)3)63-49(69)18-14-13-15-30-65-50(70)25-26-51(65)71/h16-17,19-26,28,38,40-42,45-48,53-55,67-68,76H,12-15,18,27,29-37H2,1-11H3,(H2-,61,62,63,69,73,74)/p+1/b24-19+,28-16+,39-17+/t40-,41?,42?,45+,46?,47-,48-,53?,54+,55-,59?,60+/m0/s1. The molecule has 0 radical (unpaired) electrons. The van der Waals surface area contributed by atoms with Gasteiger partial charge in [0.05, 0.1) is 69.7 Å². The number of aliphatic hydroxyl groups is 3. The molecule has 5 unspecified atom stereocenters. The number of anilines is 1. The quantitative estimate of drug-likeness (QED) is 0.0144. The molecule has 2 saturated heterocycles. The summed E-state index contributed by atoms with van der Waals surface area (Å²) < 4.78 is 24.7. The van der Waals surface area contributed by atoms with E-state index >= 15 is 0 Å². The molecule has 6 amide bonds. The topological polar surface area (TPSA) is 263 Å². The van der Waals surface area contributed by atoms with Crippen LogP contribution >= 0.6 is 0 Å². The van der Waals surface area contributed by atoms with E-state index in [9.17, 15) is 48.9 Å². The molecule has 80 heavy (non-hydrogen) atoms. The summed E-state index contributed by atoms with van der Waals surface area (Å²) in [7, 11) is 3.66. The number of benzene rings is 1. The third-order valence-electron chi connectivity index (χ3n) is 16.1. The average molecular weight is 1120 g/mol. The zero-order chi connectivity index (χ0) is 59.1. The average Bonchev–Trinajstić information content (AvgIpc) is 4.10. The number of quaternary nitrogens is 1. The van der Waals surface area contributed by atoms with Crippen molar-refractivity contribution in [3.05, 3.63) is 77.9 Å². The van der Waals surface area contributed by atoms with Gasteiger partial charge in [0.15, 0.2) is 6.10 Å². The molecule has 0 saturated carbocycles. The van der Waals surface area contributed by atoms with Crippen LogP contribution in [0.4, 0.5) is 10.5 Å². The van der Waals surface area contributed by atoms with Crippen LogP contribution < -0.4 is 16.0 Å². The van der Waals surface area contributed by atoms with Crippen molar-refractivity contribution in [2.24, 2.45) is 17.8 Å². The molecule has 1 aromatic rings. The van der Waals surface area contributed by atoms with Crippen LogP contribution in [0.25, 0.3) is 0 Å². The first kappa shape index (κ1) is 65.0. The lowest BCUT2D eigenvalue weighted by atomic mass is 9.88. The van der Waals surface area contributed by atoms with Gasteiger partial charge in [-0.3, -0.25) is 38.6 Å². The molecule has 0 bridgehead atoms. The van der Waals surface area contributed by atoms with Crippen molar-refractivity contribution in [1.82, 2.24) is 20.4 Å². The highest BCUT2D eigenvalue weighted by molar-refractivity contribution is 6.12. The molecule has 5 rings (SSSR count). The lowest BCUT2D eigenvalue weighted by molar-refractivity contribution is -0.926. The predicted octanol–water partition coefficient (Wildman–Crippen LogP) is 5.40. The van der Waals surface area contributed by atoms with E-state index in [1.807, 2.05) is 52.8 Å². The fourth-order valence-corrected chi connectivity index (χ4v) is 10.4. The number of carbonyl (C=O) groups excluding carboxylic acids is 7. The Hall–Kier alpha value is -5.77. The summed E-state index contributed by atoms with van der Waals surface area (Å²) >= 11 is 0. The van der Waals surface area contributed by atoms with Gasteiger partial charge in [0.25, 0.3) is 11.8 Å². The highest BCUT2D eigenvalue weighted by Crippen LogP contribution is 2.38. The van der Waals surface area contributed by atoms with Crippen molar-refractivity contribution in [2.75, 3.05) is 52.2 Å². The zero-order valence-corrected chi connectivity index (χ0v) is 49.0. The minimum atomic E-state index is -1.20. The fraction of sp³-hybridized carbons (Fsp3) is 0.650. The van der Waals surface area contributed by atoms with Crippen molar-refractivity contribution < 1.29 is 72.3 Å². The molecule has 444 valence electrons. The number of nitrogens with zero attached hydrogens (tertiary/aromatic N) is 3. The van der Waals surface area contributed by atoms with Gasteiger partial charge in [0.2, 0.25) is 17.7 Å². The first-order chi connectivity index (χ1) is 37.7. The van der Waals surface area contributed by atoms with E-state index in [4.69, 9.17) is 18.9 Å². The van der Waals surface area contributed by atoms with Crippen molar-refractivity contribution in [3.8, 4) is 0 Å². The third-order valence-corrected chi connectivity index (χ3v) is 16.1. The molecule has 0 aliphatic carbocycles. The number of unbranched alkanes of at least 4 members (excludes halogenated alkanes) is 2. The number of esters is 1. The summed E-state index contributed by atoms with van der Waals surface area (Å²) in [5.41, 5.74) is 0.00161. The van der Waals surface area contributed by atoms with Crippen LogP contribution in [0.2, 0.25) is 0 Å². The van der Waals surface area contributed by atoms with Crippen LogP contribution in [0.15, 0.2) is 72.4 Å². The van der Waals surface area contributed by atoms with Gasteiger partial charge in [0, 0.05) is 61.7 Å². The van der Waals surface area contributed by atoms with Crippen LogP contribution in [0.1, 0.15) is 126 Å². The van der Waals surface area contributed by atoms with Gasteiger partial charge in [-0.05, 0) is 89.5 Å². The van der Waals surface area contributed by atoms with Crippen LogP contribution in [0.5, 0.6) is 0 Å². The lowest BCUT2D eigenvalue weighted by Gasteiger charge is -2.42. The number of carbonyl (C=O) groups is 7. The Labute approximate surface area is 472 Å². The summed E-state index contributed by atoms with van der Waals surface area (Å²) in [4.78, 5) is 92.8. The Morgan fingerprint density at radius 2 is 1.64 bits per heavy atom. The van der Waals surface area contributed by atoms with Gasteiger partial charge in [-0.2, -0.15) is 0 Å². The summed E-state index contributed by atoms with van der Waals surface area (Å²) in [6.07, 6.45) is 10.4. The summed E-state index contributed by atoms with van der Waals surface area (Å²) in [5.74, 6) is -3.16. The number of amides is 6. The van der Waals surface area contributed by atoms with Crippen LogP contribution in [-0.4, -0.2) is 178 Å². The monoisotopic (exact) mass is 1120 g/mol. The van der Waals surface area contributed by atoms with Gasteiger partial charge in [-0.15, -0.1) is 0 Å². The highest BCUT2D eigenvalue weighted by atomic mass is 16.6. The molecular formula is C60H91N6O14+. The molecule has 20 nitrogen and oxygen atoms in total. The largest absolute Gasteiger partial charge is 0.457 e. The first-order valence-electron chi connectivity index (χ1n) is 28.5. The second-order valence-corrected chi connectivity index (χ2v) is 23.6. The minimum absolute atomic E-state index is 0.0420. The Kier molecular flexibility index (Phi) is 23.8. The molecule has 4 heterocycles. The molecule has 0 aromatic heterocycles. The lowest BCUT2D eigenvalue weighted by Crippen LogP contribution is -2.58. The minimum Gasteiger partial charge on any atom is -0.457 e. The number of cyclic esters (lactones) is 1. The van der Waals surface area contributed by atoms with Crippen molar-refractivity contribution in [1.29, 1.82) is 0 Å². The van der Waals surface area contributed by atoms with E-state index in [1.54, 1.807) is 69.0 Å². The predicted molar refractivity (Wildman–Crippen MR) is 301 cm³/mol. The van der Waals surface area contributed by atoms with Crippen molar-refractivity contribution in [3.63, 3.8) is 0 Å². The summed E-state index contributed by atoms with van der Waals surface area (Å²) in [5, 5.41) is 40.8. The highest BCUT2D eigenvalue weighted by Gasteiger charge is 2.47. The van der Waals surface area contributed by atoms with Gasteiger partial charge >= 0.3 is 12.1 Å². The molecule has 0 spiro atoms. The van der Waals surface area contributed by atoms with Crippen molar-refractivity contribution in [2.45, 2.75) is 187 Å². The Morgan fingerprint density at radius 1 is 0.975 bits per heavy atom. The van der Waals surface area contributed by atoms with E-state index in [1.165, 1.54) is 19.3 Å². The number of nitrogens with one attached hydrogen (secondary N) is 3. The smallest absolute Gasteiger partial charge is 0.410 e. The van der Waals surface area contributed by atoms with E-state index in [2.05, 4.69) is 23.0 Å². The van der Waals surface area contributed by atoms with Gasteiger partial charge < -0.3 is 54.7 Å². The van der Waals surface area contributed by atoms with E-state index in [-0.39, 0.29) is 74.0 Å². The normalized spacial score (nSPS) is 27.2. The number of piperazine rings is 1. The molecule has 4 aliphatic rings. The van der Waals surface area contributed by atoms with Gasteiger partial charge in [-0.1, -0.05) is 77.5 Å². The van der Waals surface area contributed by atoms with Crippen LogP contribution in [0, 0.1) is 17.8 Å². The second-order valence-electron chi connectivity index (χ2n) is 23.6. The van der Waals surface area contributed by atoms with E-state index in [0.29, 0.717) is 80.6 Å². The van der Waals surface area contributed by atoms with E-state index < -0.39 is 77.5 Å². The van der Waals surface area contributed by atoms with E-state index in [0.717, 1.165) is 10.5 Å². The molecular weight excluding hydrogens is 1030 g/mol. The molecule has 6 N–H and O–H groups in total. The van der Waals surface area contributed by atoms with Gasteiger partial charge in [-0.25, -0.2) is 4.79 Å². The number of rotatable bonds is 24.